The van der Waals surface area contributed by atoms with Gasteiger partial charge in [-0.25, -0.2) is 0 Å². The monoisotopic (exact) mass is 1180 g/mol. The maximum absolute atomic E-state index is 12.9. The van der Waals surface area contributed by atoms with E-state index in [0.717, 1.165) is 103 Å². The summed E-state index contributed by atoms with van der Waals surface area (Å²) in [5.74, 6) is -2.40. The maximum Gasteiger partial charge on any atom is 0.306 e. The third kappa shape index (κ3) is 66.3. The summed E-state index contributed by atoms with van der Waals surface area (Å²) in [4.78, 5) is 37.3. The van der Waals surface area contributed by atoms with Crippen LogP contribution in [0, 0.1) is 0 Å². The minimum atomic E-state index is -1.65. The first-order chi connectivity index (χ1) is 41.6. The van der Waals surface area contributed by atoms with Gasteiger partial charge in [-0.05, 0) is 109 Å². The molecule has 2 atom stereocenters. The number of unbranched alkanes of at least 4 members (excludes halogenated alkanes) is 19. The number of carboxylic acid groups (broad SMARTS) is 1. The molecule has 2 unspecified atom stereocenters. The van der Waals surface area contributed by atoms with Crippen molar-refractivity contribution in [3.05, 3.63) is 158 Å². The SMILES string of the molecule is CC/C=C\C/C=C\C/C=C\C/C=C\C/C=C\C/C=C\C/C=C\CCCCCCCCCCCCCCCCCCCCCC(=O)OC(COC(=O)CC/C=C\C/C=C\C/C=C\C/C=C\C/C=C\C/C=C\CC)COC(OCC[N+](C)(C)C)C(=O)[O-]. The van der Waals surface area contributed by atoms with Gasteiger partial charge in [-0.2, -0.15) is 0 Å². The fourth-order valence-electron chi connectivity index (χ4n) is 8.72. The lowest BCUT2D eigenvalue weighted by atomic mass is 10.0. The fourth-order valence-corrected chi connectivity index (χ4v) is 8.72. The van der Waals surface area contributed by atoms with Crippen LogP contribution in [0.4, 0.5) is 0 Å². The predicted molar refractivity (Wildman–Crippen MR) is 361 cm³/mol. The van der Waals surface area contributed by atoms with Gasteiger partial charge in [0, 0.05) is 12.8 Å². The Morgan fingerprint density at radius 1 is 0.353 bits per heavy atom. The second kappa shape index (κ2) is 64.9. The number of carbonyl (C=O) groups is 3. The molecule has 0 N–H and O–H groups in total. The number of nitrogens with zero attached hydrogens (tertiary/aromatic N) is 1. The standard InChI is InChI=1S/C76H123NO8/c1-6-8-10-12-14-16-18-20-22-24-26-27-28-29-30-31-32-33-34-35-36-37-38-39-40-41-42-43-44-45-46-47-49-51-53-55-57-59-61-63-65-67-74(79)85-72(71-84-76(75(80)81)82-69-68-77(3,4)5)70-83-73(78)66-64-62-60-58-56-54-52-50-48-25-23-21-19-17-15-13-11-9-7-2/h8-11,14-17,20-23,26-27,29-30,32-33,35-36,48,50,54,56,60,62,72,76H,6-7,12-13,18-19,24-25,28,31,34,37-47,49,51-53,55,57-59,61,63-71H2,1-5H3/b10-8-,11-9-,16-14-,17-15-,22-20-,23-21-,27-26-,30-29-,33-32-,36-35-,50-48-,56-54-,62-60-. The van der Waals surface area contributed by atoms with Crippen molar-refractivity contribution >= 4 is 17.9 Å². The number of likely N-dealkylation sites (N-methyl/N-ethyl adjacent to an activating group) is 1. The number of carbonyl (C=O) groups excluding carboxylic acids is 3. The van der Waals surface area contributed by atoms with Gasteiger partial charge in [0.15, 0.2) is 12.4 Å². The van der Waals surface area contributed by atoms with Crippen molar-refractivity contribution in [1.29, 1.82) is 0 Å². The van der Waals surface area contributed by atoms with E-state index in [4.69, 9.17) is 18.9 Å². The molecule has 85 heavy (non-hydrogen) atoms. The minimum Gasteiger partial charge on any atom is -0.545 e. The molecule has 0 aliphatic carbocycles. The first-order valence-corrected chi connectivity index (χ1v) is 33.6. The van der Waals surface area contributed by atoms with Gasteiger partial charge in [0.05, 0.1) is 40.3 Å². The lowest BCUT2D eigenvalue weighted by Crippen LogP contribution is -2.44. The average Bonchev–Trinajstić information content (AvgIpc) is 3.49. The number of aliphatic carboxylic acids is 1. The molecule has 0 radical (unpaired) electrons. The van der Waals surface area contributed by atoms with Crippen LogP contribution in [0.1, 0.15) is 245 Å². The Kier molecular flexibility index (Phi) is 61.0. The number of quaternary nitrogens is 1. The molecule has 0 aliphatic rings. The van der Waals surface area contributed by atoms with E-state index >= 15 is 0 Å². The fraction of sp³-hybridized carbons (Fsp3) is 0.618. The summed E-state index contributed by atoms with van der Waals surface area (Å²) in [5.41, 5.74) is 0. The maximum atomic E-state index is 12.9. The van der Waals surface area contributed by atoms with Crippen LogP contribution >= 0.6 is 0 Å². The molecular formula is C76H123NO8. The molecule has 0 fully saturated rings. The van der Waals surface area contributed by atoms with Crippen LogP contribution in [0.25, 0.3) is 0 Å². The van der Waals surface area contributed by atoms with Crippen LogP contribution in [-0.4, -0.2) is 82.3 Å². The highest BCUT2D eigenvalue weighted by molar-refractivity contribution is 5.70. The Morgan fingerprint density at radius 3 is 0.988 bits per heavy atom. The highest BCUT2D eigenvalue weighted by Gasteiger charge is 2.22. The van der Waals surface area contributed by atoms with Crippen LogP contribution in [0.5, 0.6) is 0 Å². The van der Waals surface area contributed by atoms with Gasteiger partial charge in [0.25, 0.3) is 0 Å². The molecule has 0 aromatic rings. The van der Waals surface area contributed by atoms with Crippen molar-refractivity contribution in [3.8, 4) is 0 Å². The number of allylic oxidation sites excluding steroid dienone is 26. The Morgan fingerprint density at radius 2 is 0.659 bits per heavy atom. The van der Waals surface area contributed by atoms with E-state index in [1.165, 1.54) is 103 Å². The van der Waals surface area contributed by atoms with E-state index in [1.807, 2.05) is 33.3 Å². The third-order valence-electron chi connectivity index (χ3n) is 13.8. The molecule has 9 nitrogen and oxygen atoms in total. The number of esters is 2. The summed E-state index contributed by atoms with van der Waals surface area (Å²) in [6, 6.07) is 0. The molecule has 9 heteroatoms. The Balaban J connectivity index is 4.11. The number of rotatable bonds is 60. The van der Waals surface area contributed by atoms with Crippen LogP contribution < -0.4 is 5.11 Å². The zero-order valence-corrected chi connectivity index (χ0v) is 54.7. The van der Waals surface area contributed by atoms with E-state index in [9.17, 15) is 19.5 Å². The Bertz CT molecular complexity index is 1950. The highest BCUT2D eigenvalue weighted by atomic mass is 16.7. The molecule has 0 saturated carbocycles. The summed E-state index contributed by atoms with van der Waals surface area (Å²) in [6.07, 6.45) is 93.5. The van der Waals surface area contributed by atoms with Crippen LogP contribution in [0.2, 0.25) is 0 Å². The van der Waals surface area contributed by atoms with Crippen molar-refractivity contribution in [2.45, 2.75) is 257 Å². The van der Waals surface area contributed by atoms with E-state index in [2.05, 4.69) is 160 Å². The van der Waals surface area contributed by atoms with E-state index in [-0.39, 0.29) is 32.7 Å². The second-order valence-corrected chi connectivity index (χ2v) is 23.0. The third-order valence-corrected chi connectivity index (χ3v) is 13.8. The van der Waals surface area contributed by atoms with E-state index < -0.39 is 30.3 Å². The van der Waals surface area contributed by atoms with Gasteiger partial charge >= 0.3 is 11.9 Å². The van der Waals surface area contributed by atoms with Crippen molar-refractivity contribution < 1.29 is 42.9 Å². The molecule has 0 amide bonds. The molecule has 0 aromatic heterocycles. The molecule has 0 heterocycles. The summed E-state index contributed by atoms with van der Waals surface area (Å²) in [6.45, 7) is 4.42. The zero-order chi connectivity index (χ0) is 61.9. The molecule has 0 bridgehead atoms. The molecule has 0 rings (SSSR count). The molecule has 0 spiro atoms. The molecule has 0 aromatic carbocycles. The van der Waals surface area contributed by atoms with Crippen molar-refractivity contribution in [2.24, 2.45) is 0 Å². The largest absolute Gasteiger partial charge is 0.545 e. The van der Waals surface area contributed by atoms with Gasteiger partial charge in [-0.3, -0.25) is 9.59 Å². The summed E-state index contributed by atoms with van der Waals surface area (Å²) in [5, 5.41) is 11.8. The van der Waals surface area contributed by atoms with Gasteiger partial charge in [0.1, 0.15) is 13.2 Å². The topological polar surface area (TPSA) is 111 Å². The smallest absolute Gasteiger partial charge is 0.306 e. The highest BCUT2D eigenvalue weighted by Crippen LogP contribution is 2.16. The summed E-state index contributed by atoms with van der Waals surface area (Å²) in [7, 11) is 5.90. The van der Waals surface area contributed by atoms with Crippen LogP contribution in [0.15, 0.2) is 158 Å². The first-order valence-electron chi connectivity index (χ1n) is 33.6. The van der Waals surface area contributed by atoms with Gasteiger partial charge in [0.2, 0.25) is 0 Å². The molecule has 480 valence electrons. The zero-order valence-electron chi connectivity index (χ0n) is 54.7. The van der Waals surface area contributed by atoms with Crippen molar-refractivity contribution in [2.75, 3.05) is 47.5 Å². The van der Waals surface area contributed by atoms with Crippen molar-refractivity contribution in [3.63, 3.8) is 0 Å². The number of hydrogen-bond acceptors (Lipinski definition) is 8. The Labute approximate surface area is 521 Å². The lowest BCUT2D eigenvalue weighted by Gasteiger charge is -2.26. The Hall–Kier alpha value is -5.09. The van der Waals surface area contributed by atoms with Crippen molar-refractivity contribution in [1.82, 2.24) is 0 Å². The summed E-state index contributed by atoms with van der Waals surface area (Å²) >= 11 is 0. The molecule has 0 aliphatic heterocycles. The quantitative estimate of drug-likeness (QED) is 0.0195. The van der Waals surface area contributed by atoms with Crippen LogP contribution in [-0.2, 0) is 33.3 Å². The molecule has 0 saturated heterocycles. The molecular weight excluding hydrogens is 1050 g/mol. The van der Waals surface area contributed by atoms with Gasteiger partial charge in [-0.15, -0.1) is 0 Å². The normalized spacial score (nSPS) is 13.8. The lowest BCUT2D eigenvalue weighted by molar-refractivity contribution is -0.870. The number of hydrogen-bond donors (Lipinski definition) is 0. The number of ether oxygens (including phenoxy) is 4. The average molecular weight is 1180 g/mol. The van der Waals surface area contributed by atoms with E-state index in [1.54, 1.807) is 0 Å². The van der Waals surface area contributed by atoms with Crippen LogP contribution in [0.3, 0.4) is 0 Å². The summed E-state index contributed by atoms with van der Waals surface area (Å²) < 4.78 is 22.6. The first kappa shape index (κ1) is 79.9. The number of carboxylic acids is 1. The van der Waals surface area contributed by atoms with Gasteiger partial charge < -0.3 is 33.3 Å². The minimum absolute atomic E-state index is 0.130. The second-order valence-electron chi connectivity index (χ2n) is 23.0. The van der Waals surface area contributed by atoms with Gasteiger partial charge in [-0.1, -0.05) is 281 Å². The van der Waals surface area contributed by atoms with E-state index in [0.29, 0.717) is 23.9 Å². The predicted octanol–water partition coefficient (Wildman–Crippen LogP) is 19.6.